The number of hydrogen-bond donors (Lipinski definition) is 0. The van der Waals surface area contributed by atoms with Crippen LogP contribution in [0.25, 0.3) is 17.0 Å². The zero-order valence-corrected chi connectivity index (χ0v) is 10.0. The zero-order valence-electron chi connectivity index (χ0n) is 9.26. The molecule has 0 bridgehead atoms. The maximum Gasteiger partial charge on any atom is 0.169 e. The van der Waals surface area contributed by atoms with E-state index < -0.39 is 0 Å². The minimum absolute atomic E-state index is 0.684. The van der Waals surface area contributed by atoms with Crippen LogP contribution < -0.4 is 0 Å². The van der Waals surface area contributed by atoms with Gasteiger partial charge >= 0.3 is 0 Å². The largest absolute Gasteiger partial charge is 0.282 e. The van der Waals surface area contributed by atoms with E-state index in [2.05, 4.69) is 10.2 Å². The molecule has 2 heterocycles. The van der Waals surface area contributed by atoms with E-state index in [-0.39, 0.29) is 0 Å². The molecule has 0 atom stereocenters. The van der Waals surface area contributed by atoms with E-state index in [4.69, 9.17) is 11.6 Å². The molecule has 0 amide bonds. The molecule has 0 radical (unpaired) electrons. The average molecular weight is 244 g/mol. The maximum absolute atomic E-state index is 6.17. The Morgan fingerprint density at radius 1 is 1.06 bits per heavy atom. The lowest BCUT2D eigenvalue weighted by Crippen LogP contribution is -1.90. The first-order chi connectivity index (χ1) is 8.27. The monoisotopic (exact) mass is 243 g/mol. The Hall–Kier alpha value is -1.87. The number of pyridine rings is 1. The minimum atomic E-state index is 0.684. The Labute approximate surface area is 104 Å². The third kappa shape index (κ3) is 1.59. The fourth-order valence-corrected chi connectivity index (χ4v) is 2.10. The quantitative estimate of drug-likeness (QED) is 0.656. The van der Waals surface area contributed by atoms with Gasteiger partial charge in [-0.2, -0.15) is 0 Å². The topological polar surface area (TPSA) is 30.2 Å². The van der Waals surface area contributed by atoms with Crippen LogP contribution in [-0.4, -0.2) is 14.6 Å². The van der Waals surface area contributed by atoms with Crippen LogP contribution >= 0.6 is 11.6 Å². The highest BCUT2D eigenvalue weighted by atomic mass is 35.5. The number of rotatable bonds is 1. The maximum atomic E-state index is 6.17. The molecule has 0 saturated heterocycles. The number of fused-ring (bicyclic) bond motifs is 1. The second-order valence-corrected chi connectivity index (χ2v) is 4.30. The van der Waals surface area contributed by atoms with Gasteiger partial charge in [-0.05, 0) is 30.7 Å². The third-order valence-corrected chi connectivity index (χ3v) is 3.07. The fraction of sp³-hybridized carbons (Fsp3) is 0.0769. The van der Waals surface area contributed by atoms with Crippen LogP contribution in [0.2, 0.25) is 5.02 Å². The van der Waals surface area contributed by atoms with Crippen molar-refractivity contribution in [3.8, 4) is 11.4 Å². The van der Waals surface area contributed by atoms with Crippen LogP contribution in [-0.2, 0) is 0 Å². The van der Waals surface area contributed by atoms with Crippen LogP contribution in [0.1, 0.15) is 5.56 Å². The highest BCUT2D eigenvalue weighted by Crippen LogP contribution is 2.26. The summed E-state index contributed by atoms with van der Waals surface area (Å²) in [4.78, 5) is 0. The average Bonchev–Trinajstić information content (AvgIpc) is 2.75. The molecule has 4 heteroatoms. The Morgan fingerprint density at radius 3 is 2.71 bits per heavy atom. The van der Waals surface area contributed by atoms with E-state index in [0.29, 0.717) is 5.02 Å². The van der Waals surface area contributed by atoms with Gasteiger partial charge in [0.1, 0.15) is 0 Å². The van der Waals surface area contributed by atoms with E-state index >= 15 is 0 Å². The summed E-state index contributed by atoms with van der Waals surface area (Å²) in [7, 11) is 0. The standard InChI is InChI=1S/C13H10ClN3/c1-9-5-4-8-17-12(9)15-16-13(17)10-6-2-3-7-11(10)14/h2-8H,1H3. The number of benzene rings is 1. The first-order valence-corrected chi connectivity index (χ1v) is 5.70. The summed E-state index contributed by atoms with van der Waals surface area (Å²) in [6.45, 7) is 2.01. The Bertz CT molecular complexity index is 688. The van der Waals surface area contributed by atoms with Crippen LogP contribution in [0.4, 0.5) is 0 Å². The normalized spacial score (nSPS) is 10.9. The molecular weight excluding hydrogens is 234 g/mol. The van der Waals surface area contributed by atoms with Gasteiger partial charge in [0, 0.05) is 11.8 Å². The van der Waals surface area contributed by atoms with Crippen LogP contribution in [0, 0.1) is 6.92 Å². The van der Waals surface area contributed by atoms with Gasteiger partial charge in [-0.1, -0.05) is 29.8 Å². The molecule has 0 N–H and O–H groups in total. The van der Waals surface area contributed by atoms with Gasteiger partial charge in [-0.15, -0.1) is 10.2 Å². The molecule has 0 fully saturated rings. The van der Waals surface area contributed by atoms with Crippen molar-refractivity contribution in [3.05, 3.63) is 53.2 Å². The molecule has 0 aliphatic carbocycles. The zero-order chi connectivity index (χ0) is 11.8. The second kappa shape index (κ2) is 3.86. The van der Waals surface area contributed by atoms with Gasteiger partial charge in [0.15, 0.2) is 11.5 Å². The SMILES string of the molecule is Cc1cccn2c(-c3ccccc3Cl)nnc12. The number of aromatic nitrogens is 3. The van der Waals surface area contributed by atoms with Crippen molar-refractivity contribution in [1.82, 2.24) is 14.6 Å². The molecule has 0 unspecified atom stereocenters. The smallest absolute Gasteiger partial charge is 0.169 e. The molecule has 1 aromatic carbocycles. The van der Waals surface area contributed by atoms with E-state index in [9.17, 15) is 0 Å². The predicted octanol–water partition coefficient (Wildman–Crippen LogP) is 3.36. The molecular formula is C13H10ClN3. The summed E-state index contributed by atoms with van der Waals surface area (Å²) in [6.07, 6.45) is 1.95. The highest BCUT2D eigenvalue weighted by Gasteiger charge is 2.11. The third-order valence-electron chi connectivity index (χ3n) is 2.74. The molecule has 3 rings (SSSR count). The van der Waals surface area contributed by atoms with Crippen LogP contribution in [0.3, 0.4) is 0 Å². The molecule has 3 aromatic rings. The van der Waals surface area contributed by atoms with Gasteiger partial charge in [0.2, 0.25) is 0 Å². The minimum Gasteiger partial charge on any atom is -0.282 e. The number of aryl methyl sites for hydroxylation is 1. The number of nitrogens with zero attached hydrogens (tertiary/aromatic N) is 3. The fourth-order valence-electron chi connectivity index (χ4n) is 1.88. The molecule has 0 spiro atoms. The van der Waals surface area contributed by atoms with Crippen molar-refractivity contribution < 1.29 is 0 Å². The Kier molecular flexibility index (Phi) is 2.34. The van der Waals surface area contributed by atoms with Crippen LogP contribution in [0.5, 0.6) is 0 Å². The summed E-state index contributed by atoms with van der Waals surface area (Å²) < 4.78 is 1.95. The van der Waals surface area contributed by atoms with Gasteiger partial charge in [0.25, 0.3) is 0 Å². The lowest BCUT2D eigenvalue weighted by molar-refractivity contribution is 1.11. The summed E-state index contributed by atoms with van der Waals surface area (Å²) >= 11 is 6.17. The summed E-state index contributed by atoms with van der Waals surface area (Å²) in [5.41, 5.74) is 2.85. The van der Waals surface area contributed by atoms with Crippen molar-refractivity contribution in [3.63, 3.8) is 0 Å². The lowest BCUT2D eigenvalue weighted by Gasteiger charge is -2.02. The molecule has 3 nitrogen and oxygen atoms in total. The van der Waals surface area contributed by atoms with E-state index in [1.54, 1.807) is 0 Å². The molecule has 2 aromatic heterocycles. The van der Waals surface area contributed by atoms with Crippen molar-refractivity contribution >= 4 is 17.2 Å². The van der Waals surface area contributed by atoms with Crippen molar-refractivity contribution in [1.29, 1.82) is 0 Å². The molecule has 0 aliphatic heterocycles. The summed E-state index contributed by atoms with van der Waals surface area (Å²) in [5, 5.41) is 9.09. The Balaban J connectivity index is 2.33. The van der Waals surface area contributed by atoms with Crippen molar-refractivity contribution in [2.75, 3.05) is 0 Å². The van der Waals surface area contributed by atoms with Gasteiger partial charge in [0.05, 0.1) is 5.02 Å². The van der Waals surface area contributed by atoms with Crippen molar-refractivity contribution in [2.24, 2.45) is 0 Å². The summed E-state index contributed by atoms with van der Waals surface area (Å²) in [5.74, 6) is 0.773. The molecule has 0 saturated carbocycles. The summed E-state index contributed by atoms with van der Waals surface area (Å²) in [6, 6.07) is 11.6. The van der Waals surface area contributed by atoms with Gasteiger partial charge < -0.3 is 0 Å². The number of halogens is 1. The number of hydrogen-bond acceptors (Lipinski definition) is 2. The highest BCUT2D eigenvalue weighted by molar-refractivity contribution is 6.33. The Morgan fingerprint density at radius 2 is 1.88 bits per heavy atom. The first kappa shape index (κ1) is 10.3. The molecule has 84 valence electrons. The first-order valence-electron chi connectivity index (χ1n) is 5.32. The lowest BCUT2D eigenvalue weighted by atomic mass is 10.2. The van der Waals surface area contributed by atoms with E-state index in [0.717, 1.165) is 22.6 Å². The second-order valence-electron chi connectivity index (χ2n) is 3.89. The van der Waals surface area contributed by atoms with Crippen molar-refractivity contribution in [2.45, 2.75) is 6.92 Å². The van der Waals surface area contributed by atoms with E-state index in [1.165, 1.54) is 0 Å². The van der Waals surface area contributed by atoms with Crippen LogP contribution in [0.15, 0.2) is 42.6 Å². The molecule has 17 heavy (non-hydrogen) atoms. The predicted molar refractivity (Wildman–Crippen MR) is 68.2 cm³/mol. The van der Waals surface area contributed by atoms with Gasteiger partial charge in [-0.25, -0.2) is 0 Å². The molecule has 0 aliphatic rings. The van der Waals surface area contributed by atoms with Gasteiger partial charge in [-0.3, -0.25) is 4.40 Å². The van der Waals surface area contributed by atoms with E-state index in [1.807, 2.05) is 53.9 Å².